The first-order valence-corrected chi connectivity index (χ1v) is 6.55. The smallest absolute Gasteiger partial charge is 0.0935 e. The second-order valence-electron chi connectivity index (χ2n) is 5.38. The molecule has 1 N–H and O–H groups in total. The lowest BCUT2D eigenvalue weighted by atomic mass is 9.83. The summed E-state index contributed by atoms with van der Waals surface area (Å²) in [6.45, 7) is 0. The Balaban J connectivity index is 2.15. The minimum Gasteiger partial charge on any atom is -0.472 e. The molecule has 0 saturated heterocycles. The molecule has 1 saturated carbocycles. The van der Waals surface area contributed by atoms with Gasteiger partial charge in [-0.2, -0.15) is 0 Å². The average molecular weight is 236 g/mol. The molecule has 96 valence electrons. The van der Waals surface area contributed by atoms with Crippen molar-refractivity contribution in [2.45, 2.75) is 43.7 Å². The molecular formula is C14H24N2O. The van der Waals surface area contributed by atoms with Crippen LogP contribution in [0, 0.1) is 0 Å². The molecule has 0 radical (unpaired) electrons. The third kappa shape index (κ3) is 2.40. The van der Waals surface area contributed by atoms with Gasteiger partial charge in [-0.05, 0) is 52.0 Å². The van der Waals surface area contributed by atoms with Crippen LogP contribution in [-0.4, -0.2) is 37.6 Å². The van der Waals surface area contributed by atoms with E-state index >= 15 is 0 Å². The largest absolute Gasteiger partial charge is 0.472 e. The summed E-state index contributed by atoms with van der Waals surface area (Å²) in [4.78, 5) is 2.42. The molecule has 0 amide bonds. The van der Waals surface area contributed by atoms with Gasteiger partial charge in [0.15, 0.2) is 0 Å². The van der Waals surface area contributed by atoms with Gasteiger partial charge in [0.25, 0.3) is 0 Å². The van der Waals surface area contributed by atoms with Crippen LogP contribution in [-0.2, 0) is 6.42 Å². The number of nitrogens with zero attached hydrogens (tertiary/aromatic N) is 1. The van der Waals surface area contributed by atoms with Gasteiger partial charge in [-0.3, -0.25) is 0 Å². The highest BCUT2D eigenvalue weighted by atomic mass is 16.3. The van der Waals surface area contributed by atoms with E-state index < -0.39 is 0 Å². The van der Waals surface area contributed by atoms with Crippen LogP contribution in [0.1, 0.15) is 31.2 Å². The predicted molar refractivity (Wildman–Crippen MR) is 70.1 cm³/mol. The number of hydrogen-bond donors (Lipinski definition) is 1. The number of rotatable bonds is 5. The minimum atomic E-state index is 0.312. The van der Waals surface area contributed by atoms with Gasteiger partial charge in [0.1, 0.15) is 0 Å². The number of hydrogen-bond acceptors (Lipinski definition) is 3. The zero-order chi connectivity index (χ0) is 12.3. The molecule has 2 rings (SSSR count). The van der Waals surface area contributed by atoms with Crippen molar-refractivity contribution < 1.29 is 4.42 Å². The maximum atomic E-state index is 5.17. The summed E-state index contributed by atoms with van der Waals surface area (Å²) < 4.78 is 5.17. The molecule has 1 unspecified atom stereocenters. The normalized spacial score (nSPS) is 20.9. The van der Waals surface area contributed by atoms with Crippen molar-refractivity contribution in [1.82, 2.24) is 10.2 Å². The van der Waals surface area contributed by atoms with Crippen LogP contribution < -0.4 is 5.32 Å². The summed E-state index contributed by atoms with van der Waals surface area (Å²) >= 11 is 0. The van der Waals surface area contributed by atoms with Gasteiger partial charge in [0.2, 0.25) is 0 Å². The molecule has 0 spiro atoms. The fourth-order valence-electron chi connectivity index (χ4n) is 3.30. The Morgan fingerprint density at radius 2 is 2.12 bits per heavy atom. The molecule has 3 nitrogen and oxygen atoms in total. The second-order valence-corrected chi connectivity index (χ2v) is 5.38. The molecule has 1 fully saturated rings. The highest BCUT2D eigenvalue weighted by Gasteiger charge is 2.42. The summed E-state index contributed by atoms with van der Waals surface area (Å²) in [5, 5.41) is 3.52. The first-order valence-electron chi connectivity index (χ1n) is 6.55. The monoisotopic (exact) mass is 236 g/mol. The lowest BCUT2D eigenvalue weighted by molar-refractivity contribution is 0.108. The van der Waals surface area contributed by atoms with E-state index in [4.69, 9.17) is 4.42 Å². The standard InChI is InChI=1S/C14H24N2O/c1-15-13(10-12-6-9-17-11-12)14(16(2)3)7-4-5-8-14/h6,9,11,13,15H,4-5,7-8,10H2,1-3H3. The summed E-state index contributed by atoms with van der Waals surface area (Å²) in [5.41, 5.74) is 1.60. The molecule has 0 aliphatic heterocycles. The van der Waals surface area contributed by atoms with Crippen LogP contribution in [0.3, 0.4) is 0 Å². The van der Waals surface area contributed by atoms with Crippen molar-refractivity contribution in [3.63, 3.8) is 0 Å². The van der Waals surface area contributed by atoms with E-state index in [0.717, 1.165) is 6.42 Å². The molecule has 17 heavy (non-hydrogen) atoms. The van der Waals surface area contributed by atoms with Crippen molar-refractivity contribution in [3.8, 4) is 0 Å². The van der Waals surface area contributed by atoms with Gasteiger partial charge in [-0.15, -0.1) is 0 Å². The fraction of sp³-hybridized carbons (Fsp3) is 0.714. The zero-order valence-electron chi connectivity index (χ0n) is 11.2. The van der Waals surface area contributed by atoms with Crippen LogP contribution in [0.5, 0.6) is 0 Å². The Labute approximate surface area is 104 Å². The predicted octanol–water partition coefficient (Wildman–Crippen LogP) is 2.28. The third-order valence-electron chi connectivity index (χ3n) is 4.38. The highest BCUT2D eigenvalue weighted by molar-refractivity contribution is 5.12. The summed E-state index contributed by atoms with van der Waals surface area (Å²) in [6, 6.07) is 2.57. The van der Waals surface area contributed by atoms with E-state index in [9.17, 15) is 0 Å². The fourth-order valence-corrected chi connectivity index (χ4v) is 3.30. The molecule has 1 atom stereocenters. The molecule has 1 aromatic heterocycles. The molecule has 1 aliphatic carbocycles. The molecule has 1 aromatic rings. The van der Waals surface area contributed by atoms with Crippen molar-refractivity contribution in [2.75, 3.05) is 21.1 Å². The summed E-state index contributed by atoms with van der Waals surface area (Å²) in [7, 11) is 6.50. The number of furan rings is 1. The molecule has 3 heteroatoms. The van der Waals surface area contributed by atoms with Crippen LogP contribution in [0.15, 0.2) is 23.0 Å². The van der Waals surface area contributed by atoms with Gasteiger partial charge in [-0.25, -0.2) is 0 Å². The van der Waals surface area contributed by atoms with Gasteiger partial charge in [0.05, 0.1) is 12.5 Å². The van der Waals surface area contributed by atoms with Crippen LogP contribution in [0.25, 0.3) is 0 Å². The van der Waals surface area contributed by atoms with Gasteiger partial charge in [-0.1, -0.05) is 12.8 Å². The maximum absolute atomic E-state index is 5.17. The Morgan fingerprint density at radius 1 is 1.41 bits per heavy atom. The Hall–Kier alpha value is -0.800. The van der Waals surface area contributed by atoms with E-state index in [2.05, 4.69) is 37.4 Å². The number of nitrogens with one attached hydrogen (secondary N) is 1. The van der Waals surface area contributed by atoms with Crippen LogP contribution in [0.4, 0.5) is 0 Å². The SMILES string of the molecule is CNC(Cc1ccoc1)C1(N(C)C)CCCC1. The van der Waals surface area contributed by atoms with Crippen molar-refractivity contribution in [2.24, 2.45) is 0 Å². The minimum absolute atomic E-state index is 0.312. The van der Waals surface area contributed by atoms with Gasteiger partial charge >= 0.3 is 0 Å². The van der Waals surface area contributed by atoms with Crippen LogP contribution in [0.2, 0.25) is 0 Å². The summed E-state index contributed by atoms with van der Waals surface area (Å²) in [5.74, 6) is 0. The van der Waals surface area contributed by atoms with Crippen molar-refractivity contribution in [3.05, 3.63) is 24.2 Å². The van der Waals surface area contributed by atoms with Gasteiger partial charge in [0, 0.05) is 11.6 Å². The van der Waals surface area contributed by atoms with E-state index in [1.165, 1.54) is 31.2 Å². The van der Waals surface area contributed by atoms with Crippen molar-refractivity contribution in [1.29, 1.82) is 0 Å². The van der Waals surface area contributed by atoms with E-state index in [-0.39, 0.29) is 0 Å². The average Bonchev–Trinajstić information content (AvgIpc) is 2.97. The van der Waals surface area contributed by atoms with E-state index in [0.29, 0.717) is 11.6 Å². The molecular weight excluding hydrogens is 212 g/mol. The molecule has 0 bridgehead atoms. The van der Waals surface area contributed by atoms with Crippen molar-refractivity contribution >= 4 is 0 Å². The molecule has 0 aromatic carbocycles. The third-order valence-corrected chi connectivity index (χ3v) is 4.38. The Morgan fingerprint density at radius 3 is 2.59 bits per heavy atom. The second kappa shape index (κ2) is 5.23. The lowest BCUT2D eigenvalue weighted by Crippen LogP contribution is -2.57. The first kappa shape index (κ1) is 12.7. The number of likely N-dealkylation sites (N-methyl/N-ethyl adjacent to an activating group) is 2. The maximum Gasteiger partial charge on any atom is 0.0935 e. The van der Waals surface area contributed by atoms with E-state index in [1.54, 1.807) is 6.26 Å². The summed E-state index contributed by atoms with van der Waals surface area (Å²) in [6.07, 6.45) is 9.96. The lowest BCUT2D eigenvalue weighted by Gasteiger charge is -2.43. The molecule has 1 heterocycles. The Bertz CT molecular complexity index is 326. The quantitative estimate of drug-likeness (QED) is 0.850. The highest BCUT2D eigenvalue weighted by Crippen LogP contribution is 2.37. The topological polar surface area (TPSA) is 28.4 Å². The van der Waals surface area contributed by atoms with Gasteiger partial charge < -0.3 is 14.6 Å². The van der Waals surface area contributed by atoms with E-state index in [1.807, 2.05) is 6.26 Å². The molecule has 1 aliphatic rings. The zero-order valence-corrected chi connectivity index (χ0v) is 11.2. The van der Waals surface area contributed by atoms with Crippen LogP contribution >= 0.6 is 0 Å². The Kier molecular flexibility index (Phi) is 3.89. The first-order chi connectivity index (χ1) is 8.19.